The number of aromatic nitrogens is 3. The molecule has 2 heterocycles. The Balaban J connectivity index is 1.60. The van der Waals surface area contributed by atoms with E-state index in [1.165, 1.54) is 11.0 Å². The topological polar surface area (TPSA) is 103 Å². The van der Waals surface area contributed by atoms with Crippen LogP contribution in [0.25, 0.3) is 5.69 Å². The van der Waals surface area contributed by atoms with Gasteiger partial charge in [-0.15, -0.1) is 0 Å². The number of amides is 1. The van der Waals surface area contributed by atoms with Gasteiger partial charge in [0, 0.05) is 32.3 Å². The van der Waals surface area contributed by atoms with Gasteiger partial charge in [-0.2, -0.15) is 5.10 Å². The van der Waals surface area contributed by atoms with E-state index in [-0.39, 0.29) is 18.3 Å². The van der Waals surface area contributed by atoms with Gasteiger partial charge >= 0.3 is 5.82 Å². The number of hydrogen-bond acceptors (Lipinski definition) is 6. The SMILES string of the molecule is Cc1ccc(OCC(=O)N(C)Cc2cnn(-c3ccccc3)c2)c([N+](=O)[O-])n1. The van der Waals surface area contributed by atoms with Crippen molar-refractivity contribution in [2.75, 3.05) is 13.7 Å². The maximum absolute atomic E-state index is 12.3. The number of likely N-dealkylation sites (N-methyl/N-ethyl adjacent to an activating group) is 1. The van der Waals surface area contributed by atoms with Crippen LogP contribution < -0.4 is 4.74 Å². The highest BCUT2D eigenvalue weighted by Crippen LogP contribution is 2.24. The monoisotopic (exact) mass is 381 g/mol. The van der Waals surface area contributed by atoms with Crippen LogP contribution in [0.5, 0.6) is 5.75 Å². The van der Waals surface area contributed by atoms with Gasteiger partial charge in [-0.3, -0.25) is 4.79 Å². The zero-order chi connectivity index (χ0) is 20.1. The van der Waals surface area contributed by atoms with Crippen LogP contribution in [0, 0.1) is 17.0 Å². The van der Waals surface area contributed by atoms with E-state index in [0.717, 1.165) is 11.3 Å². The van der Waals surface area contributed by atoms with Gasteiger partial charge in [0.2, 0.25) is 5.75 Å². The lowest BCUT2D eigenvalue weighted by atomic mass is 10.3. The first-order valence-corrected chi connectivity index (χ1v) is 8.52. The minimum Gasteiger partial charge on any atom is -0.476 e. The number of hydrogen-bond donors (Lipinski definition) is 0. The summed E-state index contributed by atoms with van der Waals surface area (Å²) < 4.78 is 7.06. The van der Waals surface area contributed by atoms with Crippen LogP contribution in [0.1, 0.15) is 11.3 Å². The highest BCUT2D eigenvalue weighted by molar-refractivity contribution is 5.77. The Hall–Kier alpha value is -3.75. The van der Waals surface area contributed by atoms with Gasteiger partial charge in [-0.05, 0) is 34.2 Å². The number of para-hydroxylation sites is 1. The smallest absolute Gasteiger partial charge is 0.406 e. The summed E-state index contributed by atoms with van der Waals surface area (Å²) in [7, 11) is 1.63. The second kappa shape index (κ2) is 8.30. The molecule has 0 bridgehead atoms. The zero-order valence-electron chi connectivity index (χ0n) is 15.5. The van der Waals surface area contributed by atoms with Crippen LogP contribution in [-0.4, -0.2) is 44.1 Å². The third kappa shape index (κ3) is 4.50. The lowest BCUT2D eigenvalue weighted by Gasteiger charge is -2.16. The van der Waals surface area contributed by atoms with Gasteiger partial charge in [-0.1, -0.05) is 18.2 Å². The number of benzene rings is 1. The Kier molecular flexibility index (Phi) is 5.64. The number of carbonyl (C=O) groups is 1. The van der Waals surface area contributed by atoms with Crippen molar-refractivity contribution in [3.05, 3.63) is 76.2 Å². The van der Waals surface area contributed by atoms with Crippen molar-refractivity contribution >= 4 is 11.7 Å². The highest BCUT2D eigenvalue weighted by Gasteiger charge is 2.19. The molecular formula is C19H19N5O4. The van der Waals surface area contributed by atoms with Crippen LogP contribution in [0.4, 0.5) is 5.82 Å². The van der Waals surface area contributed by atoms with E-state index in [1.807, 2.05) is 36.5 Å². The Morgan fingerprint density at radius 3 is 2.71 bits per heavy atom. The predicted molar refractivity (Wildman–Crippen MR) is 101 cm³/mol. The Morgan fingerprint density at radius 2 is 2.00 bits per heavy atom. The Labute approximate surface area is 161 Å². The van der Waals surface area contributed by atoms with E-state index < -0.39 is 10.7 Å². The molecule has 3 aromatic rings. The summed E-state index contributed by atoms with van der Waals surface area (Å²) in [5.74, 6) is -0.754. The highest BCUT2D eigenvalue weighted by atomic mass is 16.6. The molecule has 0 unspecified atom stereocenters. The van der Waals surface area contributed by atoms with Gasteiger partial charge in [0.15, 0.2) is 6.61 Å². The zero-order valence-corrected chi connectivity index (χ0v) is 15.5. The third-order valence-corrected chi connectivity index (χ3v) is 4.00. The molecule has 0 aliphatic carbocycles. The number of ether oxygens (including phenoxy) is 1. The summed E-state index contributed by atoms with van der Waals surface area (Å²) in [5.41, 5.74) is 2.27. The molecule has 1 amide bonds. The number of rotatable bonds is 7. The van der Waals surface area contributed by atoms with Crippen molar-refractivity contribution in [2.24, 2.45) is 0 Å². The number of nitro groups is 1. The molecule has 0 spiro atoms. The molecule has 9 heteroatoms. The summed E-state index contributed by atoms with van der Waals surface area (Å²) in [4.78, 5) is 28.1. The molecule has 0 radical (unpaired) electrons. The van der Waals surface area contributed by atoms with E-state index >= 15 is 0 Å². The van der Waals surface area contributed by atoms with Gasteiger partial charge in [0.25, 0.3) is 5.91 Å². The van der Waals surface area contributed by atoms with Crippen LogP contribution in [0.2, 0.25) is 0 Å². The van der Waals surface area contributed by atoms with Crippen LogP contribution in [0.3, 0.4) is 0 Å². The van der Waals surface area contributed by atoms with E-state index in [2.05, 4.69) is 10.1 Å². The fourth-order valence-electron chi connectivity index (χ4n) is 2.55. The number of nitrogens with zero attached hydrogens (tertiary/aromatic N) is 5. The molecule has 3 rings (SSSR count). The van der Waals surface area contributed by atoms with Crippen molar-refractivity contribution in [3.8, 4) is 11.4 Å². The molecule has 0 saturated heterocycles. The molecule has 0 aliphatic rings. The number of carbonyl (C=O) groups excluding carboxylic acids is 1. The van der Waals surface area contributed by atoms with Crippen LogP contribution >= 0.6 is 0 Å². The first kappa shape index (κ1) is 19.0. The fourth-order valence-corrected chi connectivity index (χ4v) is 2.55. The quantitative estimate of drug-likeness (QED) is 0.460. The van der Waals surface area contributed by atoms with Gasteiger partial charge in [0.05, 0.1) is 11.9 Å². The average molecular weight is 381 g/mol. The second-order valence-corrected chi connectivity index (χ2v) is 6.20. The second-order valence-electron chi connectivity index (χ2n) is 6.20. The maximum Gasteiger partial charge on any atom is 0.406 e. The van der Waals surface area contributed by atoms with Crippen molar-refractivity contribution in [3.63, 3.8) is 0 Å². The first-order valence-electron chi connectivity index (χ1n) is 8.52. The van der Waals surface area contributed by atoms with E-state index in [0.29, 0.717) is 12.2 Å². The molecule has 1 aromatic carbocycles. The van der Waals surface area contributed by atoms with Crippen molar-refractivity contribution in [1.82, 2.24) is 19.7 Å². The molecule has 0 N–H and O–H groups in total. The van der Waals surface area contributed by atoms with Crippen molar-refractivity contribution in [1.29, 1.82) is 0 Å². The molecule has 2 aromatic heterocycles. The van der Waals surface area contributed by atoms with Gasteiger partial charge < -0.3 is 19.8 Å². The molecule has 0 saturated carbocycles. The minimum absolute atomic E-state index is 0.0331. The summed E-state index contributed by atoms with van der Waals surface area (Å²) in [6, 6.07) is 12.7. The molecule has 9 nitrogen and oxygen atoms in total. The average Bonchev–Trinajstić information content (AvgIpc) is 3.15. The Bertz CT molecular complexity index is 987. The fraction of sp³-hybridized carbons (Fsp3) is 0.211. The molecule has 144 valence electrons. The number of pyridine rings is 1. The summed E-state index contributed by atoms with van der Waals surface area (Å²) in [5, 5.41) is 15.4. The summed E-state index contributed by atoms with van der Waals surface area (Å²) >= 11 is 0. The Morgan fingerprint density at radius 1 is 1.25 bits per heavy atom. The normalized spacial score (nSPS) is 10.5. The maximum atomic E-state index is 12.3. The van der Waals surface area contributed by atoms with E-state index in [9.17, 15) is 14.9 Å². The lowest BCUT2D eigenvalue weighted by Crippen LogP contribution is -2.31. The first-order chi connectivity index (χ1) is 13.4. The van der Waals surface area contributed by atoms with E-state index in [1.54, 1.807) is 30.9 Å². The standard InChI is InChI=1S/C19H19N5O4/c1-14-8-9-17(19(21-14)24(26)27)28-13-18(25)22(2)11-15-10-20-23(12-15)16-6-4-3-5-7-16/h3-10,12H,11,13H2,1-2H3. The molecule has 0 fully saturated rings. The van der Waals surface area contributed by atoms with E-state index in [4.69, 9.17) is 4.74 Å². The molecular weight excluding hydrogens is 362 g/mol. The largest absolute Gasteiger partial charge is 0.476 e. The molecule has 28 heavy (non-hydrogen) atoms. The number of aryl methyl sites for hydroxylation is 1. The molecule has 0 aliphatic heterocycles. The van der Waals surface area contributed by atoms with Gasteiger partial charge in [-0.25, -0.2) is 4.68 Å². The minimum atomic E-state index is -0.630. The summed E-state index contributed by atoms with van der Waals surface area (Å²) in [6.45, 7) is 1.66. The van der Waals surface area contributed by atoms with Crippen LogP contribution in [-0.2, 0) is 11.3 Å². The third-order valence-electron chi connectivity index (χ3n) is 4.00. The molecule has 0 atom stereocenters. The van der Waals surface area contributed by atoms with Crippen molar-refractivity contribution < 1.29 is 14.5 Å². The summed E-state index contributed by atoms with van der Waals surface area (Å²) in [6.07, 6.45) is 3.53. The van der Waals surface area contributed by atoms with Gasteiger partial charge in [0.1, 0.15) is 5.69 Å². The predicted octanol–water partition coefficient (Wildman–Crippen LogP) is 2.52. The van der Waals surface area contributed by atoms with Crippen molar-refractivity contribution in [2.45, 2.75) is 13.5 Å². The lowest BCUT2D eigenvalue weighted by molar-refractivity contribution is -0.390. The van der Waals surface area contributed by atoms with Crippen LogP contribution in [0.15, 0.2) is 54.9 Å².